The summed E-state index contributed by atoms with van der Waals surface area (Å²) in [5.74, 6) is 1.86. The molecular weight excluding hydrogens is 270 g/mol. The Labute approximate surface area is 121 Å². The van der Waals surface area contributed by atoms with Crippen LogP contribution in [-0.4, -0.2) is 27.5 Å². The minimum atomic E-state index is 0.845. The fourth-order valence-electron chi connectivity index (χ4n) is 1.99. The van der Waals surface area contributed by atoms with E-state index < -0.39 is 0 Å². The van der Waals surface area contributed by atoms with Crippen LogP contribution in [-0.2, 0) is 0 Å². The molecule has 0 N–H and O–H groups in total. The molecule has 1 aromatic carbocycles. The van der Waals surface area contributed by atoms with E-state index in [2.05, 4.69) is 17.0 Å². The van der Waals surface area contributed by atoms with Gasteiger partial charge in [0.15, 0.2) is 5.65 Å². The van der Waals surface area contributed by atoms with Crippen LogP contribution in [0.4, 0.5) is 0 Å². The van der Waals surface area contributed by atoms with Crippen LogP contribution in [0.25, 0.3) is 16.9 Å². The lowest BCUT2D eigenvalue weighted by Gasteiger charge is -1.99. The number of aromatic nitrogens is 3. The van der Waals surface area contributed by atoms with Gasteiger partial charge in [-0.25, -0.2) is 9.50 Å². The Morgan fingerprint density at radius 3 is 2.65 bits per heavy atom. The first-order valence-electron chi connectivity index (χ1n) is 6.44. The second-order valence-electron chi connectivity index (χ2n) is 4.26. The highest BCUT2D eigenvalue weighted by atomic mass is 32.2. The van der Waals surface area contributed by atoms with E-state index in [0.29, 0.717) is 0 Å². The zero-order chi connectivity index (χ0) is 13.9. The Morgan fingerprint density at radius 2 is 1.95 bits per heavy atom. The second kappa shape index (κ2) is 5.54. The fraction of sp³-hybridized carbons (Fsp3) is 0.200. The predicted octanol–water partition coefficient (Wildman–Crippen LogP) is 3.52. The maximum Gasteiger partial charge on any atom is 0.154 e. The van der Waals surface area contributed by atoms with Gasteiger partial charge in [-0.3, -0.25) is 0 Å². The van der Waals surface area contributed by atoms with E-state index in [1.54, 1.807) is 18.9 Å². The van der Waals surface area contributed by atoms with Gasteiger partial charge in [-0.15, -0.1) is 11.8 Å². The van der Waals surface area contributed by atoms with E-state index in [-0.39, 0.29) is 0 Å². The summed E-state index contributed by atoms with van der Waals surface area (Å²) in [5.41, 5.74) is 2.83. The molecule has 3 aromatic rings. The van der Waals surface area contributed by atoms with Gasteiger partial charge < -0.3 is 4.74 Å². The summed E-state index contributed by atoms with van der Waals surface area (Å²) >= 11 is 1.72. The van der Waals surface area contributed by atoms with Crippen LogP contribution in [0, 0.1) is 0 Å². The molecule has 4 nitrogen and oxygen atoms in total. The zero-order valence-corrected chi connectivity index (χ0v) is 12.2. The number of rotatable bonds is 4. The van der Waals surface area contributed by atoms with E-state index in [0.717, 1.165) is 33.4 Å². The number of methoxy groups -OCH3 is 1. The third-order valence-corrected chi connectivity index (χ3v) is 3.78. The Kier molecular flexibility index (Phi) is 3.60. The summed E-state index contributed by atoms with van der Waals surface area (Å²) in [7, 11) is 1.66. The van der Waals surface area contributed by atoms with Gasteiger partial charge in [0.25, 0.3) is 0 Å². The molecule has 5 heteroatoms. The third-order valence-electron chi connectivity index (χ3n) is 2.97. The van der Waals surface area contributed by atoms with Gasteiger partial charge in [0.2, 0.25) is 0 Å². The number of hydrogen-bond donors (Lipinski definition) is 0. The molecule has 2 heterocycles. The largest absolute Gasteiger partial charge is 0.497 e. The van der Waals surface area contributed by atoms with Crippen molar-refractivity contribution in [3.8, 4) is 17.0 Å². The topological polar surface area (TPSA) is 39.4 Å². The van der Waals surface area contributed by atoms with Crippen molar-refractivity contribution < 1.29 is 4.74 Å². The number of hydrogen-bond acceptors (Lipinski definition) is 4. The molecule has 0 unspecified atom stereocenters. The SMILES string of the molecule is CCSc1ccc2nc(-c3ccc(OC)cc3)cn2n1. The fourth-order valence-corrected chi connectivity index (χ4v) is 2.60. The number of fused-ring (bicyclic) bond motifs is 1. The van der Waals surface area contributed by atoms with Crippen molar-refractivity contribution in [3.63, 3.8) is 0 Å². The first-order chi connectivity index (χ1) is 9.80. The van der Waals surface area contributed by atoms with Crippen LogP contribution in [0.3, 0.4) is 0 Å². The Bertz CT molecular complexity index is 722. The summed E-state index contributed by atoms with van der Waals surface area (Å²) in [6.45, 7) is 2.12. The standard InChI is InChI=1S/C15H15N3OS/c1-3-20-15-9-8-14-16-13(10-18(14)17-15)11-4-6-12(19-2)7-5-11/h4-10H,3H2,1-2H3. The molecule has 0 saturated heterocycles. The predicted molar refractivity (Wildman–Crippen MR) is 81.4 cm³/mol. The minimum Gasteiger partial charge on any atom is -0.497 e. The van der Waals surface area contributed by atoms with Gasteiger partial charge in [-0.1, -0.05) is 6.92 Å². The number of imidazole rings is 1. The molecule has 0 aliphatic heterocycles. The quantitative estimate of drug-likeness (QED) is 0.688. The maximum absolute atomic E-state index is 5.17. The van der Waals surface area contributed by atoms with Crippen LogP contribution in [0.15, 0.2) is 47.6 Å². The van der Waals surface area contributed by atoms with Crippen molar-refractivity contribution in [1.82, 2.24) is 14.6 Å². The van der Waals surface area contributed by atoms with Gasteiger partial charge >= 0.3 is 0 Å². The first-order valence-corrected chi connectivity index (χ1v) is 7.42. The third kappa shape index (κ3) is 2.49. The van der Waals surface area contributed by atoms with E-state index >= 15 is 0 Å². The van der Waals surface area contributed by atoms with Crippen LogP contribution in [0.1, 0.15) is 6.92 Å². The molecule has 3 rings (SSSR count). The Hall–Kier alpha value is -2.01. The van der Waals surface area contributed by atoms with E-state index in [4.69, 9.17) is 4.74 Å². The summed E-state index contributed by atoms with van der Waals surface area (Å²) < 4.78 is 7.00. The monoisotopic (exact) mass is 285 g/mol. The van der Waals surface area contributed by atoms with Gasteiger partial charge in [0.1, 0.15) is 10.8 Å². The van der Waals surface area contributed by atoms with Gasteiger partial charge in [-0.2, -0.15) is 5.10 Å². The minimum absolute atomic E-state index is 0.845. The zero-order valence-electron chi connectivity index (χ0n) is 11.4. The summed E-state index contributed by atoms with van der Waals surface area (Å²) in [5, 5.41) is 5.55. The number of benzene rings is 1. The van der Waals surface area contributed by atoms with Crippen molar-refractivity contribution in [3.05, 3.63) is 42.6 Å². The van der Waals surface area contributed by atoms with E-state index in [1.807, 2.05) is 47.1 Å². The van der Waals surface area contributed by atoms with Gasteiger partial charge in [-0.05, 0) is 42.2 Å². The van der Waals surface area contributed by atoms with Crippen LogP contribution in [0.2, 0.25) is 0 Å². The number of ether oxygens (including phenoxy) is 1. The first kappa shape index (κ1) is 13.0. The van der Waals surface area contributed by atoms with E-state index in [1.165, 1.54) is 0 Å². The van der Waals surface area contributed by atoms with Crippen LogP contribution in [0.5, 0.6) is 5.75 Å². The Balaban J connectivity index is 1.98. The summed E-state index contributed by atoms with van der Waals surface area (Å²) in [4.78, 5) is 4.59. The van der Waals surface area contributed by atoms with Crippen molar-refractivity contribution in [2.75, 3.05) is 12.9 Å². The molecule has 20 heavy (non-hydrogen) atoms. The number of thioether (sulfide) groups is 1. The average Bonchev–Trinajstić information content (AvgIpc) is 2.91. The lowest BCUT2D eigenvalue weighted by molar-refractivity contribution is 0.415. The summed E-state index contributed by atoms with van der Waals surface area (Å²) in [6.07, 6.45) is 1.96. The molecule has 0 aliphatic carbocycles. The molecule has 0 aliphatic rings. The van der Waals surface area contributed by atoms with Crippen molar-refractivity contribution >= 4 is 17.4 Å². The lowest BCUT2D eigenvalue weighted by Crippen LogP contribution is -1.91. The molecule has 0 radical (unpaired) electrons. The van der Waals surface area contributed by atoms with Crippen molar-refractivity contribution in [1.29, 1.82) is 0 Å². The highest BCUT2D eigenvalue weighted by Gasteiger charge is 2.06. The normalized spacial score (nSPS) is 10.9. The molecule has 0 amide bonds. The van der Waals surface area contributed by atoms with Crippen LogP contribution < -0.4 is 4.74 Å². The van der Waals surface area contributed by atoms with E-state index in [9.17, 15) is 0 Å². The number of nitrogens with zero attached hydrogens (tertiary/aromatic N) is 3. The molecule has 0 saturated carbocycles. The summed E-state index contributed by atoms with van der Waals surface area (Å²) in [6, 6.07) is 11.9. The van der Waals surface area contributed by atoms with Gasteiger partial charge in [0.05, 0.1) is 19.0 Å². The molecule has 0 fully saturated rings. The highest BCUT2D eigenvalue weighted by molar-refractivity contribution is 7.99. The smallest absolute Gasteiger partial charge is 0.154 e. The van der Waals surface area contributed by atoms with Crippen molar-refractivity contribution in [2.45, 2.75) is 11.9 Å². The van der Waals surface area contributed by atoms with Gasteiger partial charge in [0, 0.05) is 5.56 Å². The Morgan fingerprint density at radius 1 is 1.15 bits per heavy atom. The van der Waals surface area contributed by atoms with Crippen LogP contribution >= 0.6 is 11.8 Å². The molecule has 0 spiro atoms. The molecule has 0 atom stereocenters. The lowest BCUT2D eigenvalue weighted by atomic mass is 10.2. The maximum atomic E-state index is 5.17. The second-order valence-corrected chi connectivity index (χ2v) is 5.55. The molecule has 102 valence electrons. The molecular formula is C15H15N3OS. The molecule has 2 aromatic heterocycles. The highest BCUT2D eigenvalue weighted by Crippen LogP contribution is 2.22. The average molecular weight is 285 g/mol. The van der Waals surface area contributed by atoms with Crippen molar-refractivity contribution in [2.24, 2.45) is 0 Å². The molecule has 0 bridgehead atoms.